The molecule has 96 valence electrons. The van der Waals surface area contributed by atoms with Crippen molar-refractivity contribution in [3.8, 4) is 0 Å². The number of amides is 1. The fourth-order valence-electron chi connectivity index (χ4n) is 2.19. The average Bonchev–Trinajstić information content (AvgIpc) is 2.42. The van der Waals surface area contributed by atoms with Gasteiger partial charge in [-0.3, -0.25) is 4.79 Å². The fourth-order valence-corrected chi connectivity index (χ4v) is 2.19. The van der Waals surface area contributed by atoms with Crippen LogP contribution in [0.4, 0.5) is 15.8 Å². The van der Waals surface area contributed by atoms with Crippen LogP contribution >= 0.6 is 0 Å². The van der Waals surface area contributed by atoms with E-state index in [1.807, 2.05) is 24.3 Å². The fraction of sp³-hybridized carbons (Fsp3) is 0.133. The predicted octanol–water partition coefficient (Wildman–Crippen LogP) is 2.80. The van der Waals surface area contributed by atoms with Crippen molar-refractivity contribution in [2.75, 3.05) is 10.6 Å². The standard InChI is InChI=1S/C15H13FN2O/c16-11-7-5-10(6-8-11)9-14-15(19)18-13-4-2-1-3-12(13)17-14/h1-8,14,17H,9H2,(H,18,19)/t14-/m1/s1. The van der Waals surface area contributed by atoms with Gasteiger partial charge < -0.3 is 10.6 Å². The Kier molecular flexibility index (Phi) is 2.91. The van der Waals surface area contributed by atoms with Crippen molar-refractivity contribution < 1.29 is 9.18 Å². The van der Waals surface area contributed by atoms with E-state index in [2.05, 4.69) is 10.6 Å². The minimum atomic E-state index is -0.333. The van der Waals surface area contributed by atoms with Crippen molar-refractivity contribution >= 4 is 17.3 Å². The number of hydrogen-bond acceptors (Lipinski definition) is 2. The molecular formula is C15H13FN2O. The minimum absolute atomic E-state index is 0.0666. The van der Waals surface area contributed by atoms with E-state index in [1.54, 1.807) is 12.1 Å². The lowest BCUT2D eigenvalue weighted by Crippen LogP contribution is -2.40. The zero-order valence-corrected chi connectivity index (χ0v) is 10.2. The van der Waals surface area contributed by atoms with Gasteiger partial charge in [-0.15, -0.1) is 0 Å². The van der Waals surface area contributed by atoms with Gasteiger partial charge >= 0.3 is 0 Å². The zero-order chi connectivity index (χ0) is 13.2. The van der Waals surface area contributed by atoms with Gasteiger partial charge in [-0.05, 0) is 29.8 Å². The van der Waals surface area contributed by atoms with Gasteiger partial charge in [0, 0.05) is 6.42 Å². The van der Waals surface area contributed by atoms with Gasteiger partial charge in [0.15, 0.2) is 0 Å². The number of carbonyl (C=O) groups excluding carboxylic acids is 1. The van der Waals surface area contributed by atoms with E-state index in [4.69, 9.17) is 0 Å². The third-order valence-corrected chi connectivity index (χ3v) is 3.18. The molecule has 0 radical (unpaired) electrons. The summed E-state index contributed by atoms with van der Waals surface area (Å²) in [5.74, 6) is -0.335. The molecule has 1 aliphatic rings. The smallest absolute Gasteiger partial charge is 0.247 e. The molecule has 3 nitrogen and oxygen atoms in total. The number of anilines is 2. The van der Waals surface area contributed by atoms with E-state index in [0.717, 1.165) is 16.9 Å². The largest absolute Gasteiger partial charge is 0.372 e. The Morgan fingerprint density at radius 3 is 2.42 bits per heavy atom. The van der Waals surface area contributed by atoms with Gasteiger partial charge in [0.25, 0.3) is 0 Å². The lowest BCUT2D eigenvalue weighted by atomic mass is 10.0. The molecule has 1 aliphatic heterocycles. The van der Waals surface area contributed by atoms with Crippen LogP contribution in [0.15, 0.2) is 48.5 Å². The summed E-state index contributed by atoms with van der Waals surface area (Å²) in [5.41, 5.74) is 2.63. The summed E-state index contributed by atoms with van der Waals surface area (Å²) >= 11 is 0. The molecule has 0 aromatic heterocycles. The highest BCUT2D eigenvalue weighted by molar-refractivity contribution is 6.03. The zero-order valence-electron chi connectivity index (χ0n) is 10.2. The van der Waals surface area contributed by atoms with Crippen molar-refractivity contribution in [2.45, 2.75) is 12.5 Å². The molecule has 0 aliphatic carbocycles. The monoisotopic (exact) mass is 256 g/mol. The molecule has 2 aromatic rings. The summed E-state index contributed by atoms with van der Waals surface area (Å²) in [6.45, 7) is 0. The first-order valence-corrected chi connectivity index (χ1v) is 6.13. The third kappa shape index (κ3) is 2.42. The van der Waals surface area contributed by atoms with Crippen molar-refractivity contribution in [1.29, 1.82) is 0 Å². The molecule has 0 fully saturated rings. The maximum Gasteiger partial charge on any atom is 0.247 e. The van der Waals surface area contributed by atoms with E-state index in [0.29, 0.717) is 6.42 Å². The van der Waals surface area contributed by atoms with Crippen LogP contribution in [0.25, 0.3) is 0 Å². The summed E-state index contributed by atoms with van der Waals surface area (Å²) < 4.78 is 12.8. The normalized spacial score (nSPS) is 17.3. The first kappa shape index (κ1) is 11.7. The van der Waals surface area contributed by atoms with Gasteiger partial charge in [0.05, 0.1) is 11.4 Å². The van der Waals surface area contributed by atoms with Crippen LogP contribution in [0, 0.1) is 5.82 Å². The number of halogens is 1. The Morgan fingerprint density at radius 1 is 1.00 bits per heavy atom. The molecule has 1 heterocycles. The third-order valence-electron chi connectivity index (χ3n) is 3.18. The van der Waals surface area contributed by atoms with Crippen LogP contribution in [0.1, 0.15) is 5.56 Å². The molecule has 0 saturated carbocycles. The topological polar surface area (TPSA) is 41.1 Å². The minimum Gasteiger partial charge on any atom is -0.372 e. The van der Waals surface area contributed by atoms with Gasteiger partial charge in [-0.2, -0.15) is 0 Å². The molecule has 4 heteroatoms. The number of hydrogen-bond donors (Lipinski definition) is 2. The summed E-state index contributed by atoms with van der Waals surface area (Å²) in [5, 5.41) is 6.07. The second kappa shape index (κ2) is 4.72. The van der Waals surface area contributed by atoms with Crippen LogP contribution in [0.3, 0.4) is 0 Å². The Morgan fingerprint density at radius 2 is 1.68 bits per heavy atom. The SMILES string of the molecule is O=C1Nc2ccccc2N[C@@H]1Cc1ccc(F)cc1. The van der Waals surface area contributed by atoms with Crippen LogP contribution in [0.5, 0.6) is 0 Å². The summed E-state index contributed by atoms with van der Waals surface area (Å²) in [7, 11) is 0. The van der Waals surface area contributed by atoms with Crippen LogP contribution in [-0.4, -0.2) is 11.9 Å². The molecule has 0 unspecified atom stereocenters. The first-order chi connectivity index (χ1) is 9.22. The summed E-state index contributed by atoms with van der Waals surface area (Å²) in [6.07, 6.45) is 0.528. The quantitative estimate of drug-likeness (QED) is 0.867. The van der Waals surface area contributed by atoms with Crippen LogP contribution < -0.4 is 10.6 Å². The van der Waals surface area contributed by atoms with Gasteiger partial charge in [0.2, 0.25) is 5.91 Å². The molecule has 0 spiro atoms. The molecule has 2 N–H and O–H groups in total. The van der Waals surface area contributed by atoms with Crippen LogP contribution in [0.2, 0.25) is 0 Å². The van der Waals surface area contributed by atoms with Crippen molar-refractivity contribution in [3.05, 3.63) is 59.9 Å². The highest BCUT2D eigenvalue weighted by Gasteiger charge is 2.24. The molecule has 0 saturated heterocycles. The van der Waals surface area contributed by atoms with Crippen LogP contribution in [-0.2, 0) is 11.2 Å². The second-order valence-corrected chi connectivity index (χ2v) is 4.56. The van der Waals surface area contributed by atoms with E-state index >= 15 is 0 Å². The lowest BCUT2D eigenvalue weighted by molar-refractivity contribution is -0.117. The number of carbonyl (C=O) groups is 1. The number of nitrogens with one attached hydrogen (secondary N) is 2. The lowest BCUT2D eigenvalue weighted by Gasteiger charge is -2.26. The average molecular weight is 256 g/mol. The molecule has 2 aromatic carbocycles. The second-order valence-electron chi connectivity index (χ2n) is 4.56. The molecule has 19 heavy (non-hydrogen) atoms. The Hall–Kier alpha value is -2.36. The first-order valence-electron chi connectivity index (χ1n) is 6.13. The molecule has 1 atom stereocenters. The highest BCUT2D eigenvalue weighted by Crippen LogP contribution is 2.26. The molecule has 1 amide bonds. The Balaban J connectivity index is 1.79. The van der Waals surface area contributed by atoms with E-state index in [-0.39, 0.29) is 17.8 Å². The summed E-state index contributed by atoms with van der Waals surface area (Å²) in [4.78, 5) is 12.0. The number of para-hydroxylation sites is 2. The number of rotatable bonds is 2. The van der Waals surface area contributed by atoms with E-state index < -0.39 is 0 Å². The summed E-state index contributed by atoms with van der Waals surface area (Å²) in [6, 6.07) is 13.4. The van der Waals surface area contributed by atoms with E-state index in [1.165, 1.54) is 12.1 Å². The van der Waals surface area contributed by atoms with Gasteiger partial charge in [-0.1, -0.05) is 24.3 Å². The maximum atomic E-state index is 12.8. The Labute approximate surface area is 110 Å². The maximum absolute atomic E-state index is 12.8. The predicted molar refractivity (Wildman–Crippen MR) is 72.6 cm³/mol. The van der Waals surface area contributed by atoms with Crippen molar-refractivity contribution in [3.63, 3.8) is 0 Å². The highest BCUT2D eigenvalue weighted by atomic mass is 19.1. The van der Waals surface area contributed by atoms with Gasteiger partial charge in [-0.25, -0.2) is 4.39 Å². The number of benzene rings is 2. The molecular weight excluding hydrogens is 243 g/mol. The number of fused-ring (bicyclic) bond motifs is 1. The van der Waals surface area contributed by atoms with Gasteiger partial charge in [0.1, 0.15) is 11.9 Å². The van der Waals surface area contributed by atoms with Crippen molar-refractivity contribution in [2.24, 2.45) is 0 Å². The Bertz CT molecular complexity index is 610. The van der Waals surface area contributed by atoms with E-state index in [9.17, 15) is 9.18 Å². The van der Waals surface area contributed by atoms with Crippen molar-refractivity contribution in [1.82, 2.24) is 0 Å². The molecule has 0 bridgehead atoms. The molecule has 3 rings (SSSR count).